The topological polar surface area (TPSA) is 77.7 Å². The van der Waals surface area contributed by atoms with Gasteiger partial charge >= 0.3 is 0 Å². The minimum atomic E-state index is -1.03. The second kappa shape index (κ2) is 9.37. The first-order valence-electron chi connectivity index (χ1n) is 9.76. The Labute approximate surface area is 157 Å². The standard InChI is InChI=1S/C19H36N6O/c1-6-20-18(21-7-8-25-11-15(2)9-16(3)12-25)22-14-19(4,26)17-10-23-24(5)13-17/h10,13,15-16,26H,6-9,11-12,14H2,1-5H3,(H2,20,21,22). The van der Waals surface area contributed by atoms with Gasteiger partial charge in [0.2, 0.25) is 0 Å². The molecule has 148 valence electrons. The Morgan fingerprint density at radius 3 is 2.62 bits per heavy atom. The molecule has 0 aromatic carbocycles. The van der Waals surface area contributed by atoms with Gasteiger partial charge in [-0.25, -0.2) is 4.99 Å². The highest BCUT2D eigenvalue weighted by Crippen LogP contribution is 2.21. The van der Waals surface area contributed by atoms with E-state index in [9.17, 15) is 5.11 Å². The highest BCUT2D eigenvalue weighted by Gasteiger charge is 2.25. The van der Waals surface area contributed by atoms with Gasteiger partial charge in [-0.15, -0.1) is 0 Å². The Balaban J connectivity index is 1.86. The van der Waals surface area contributed by atoms with E-state index in [4.69, 9.17) is 0 Å². The van der Waals surface area contributed by atoms with Crippen LogP contribution in [0.1, 0.15) is 39.7 Å². The van der Waals surface area contributed by atoms with Crippen LogP contribution in [0.25, 0.3) is 0 Å². The number of guanidine groups is 1. The van der Waals surface area contributed by atoms with E-state index in [0.717, 1.165) is 43.0 Å². The summed E-state index contributed by atoms with van der Waals surface area (Å²) in [5, 5.41) is 21.5. The fraction of sp³-hybridized carbons (Fsp3) is 0.789. The summed E-state index contributed by atoms with van der Waals surface area (Å²) in [4.78, 5) is 7.10. The van der Waals surface area contributed by atoms with Crippen molar-refractivity contribution in [3.05, 3.63) is 18.0 Å². The third-order valence-corrected chi connectivity index (χ3v) is 4.88. The lowest BCUT2D eigenvalue weighted by Crippen LogP contribution is -2.45. The van der Waals surface area contributed by atoms with Crippen LogP contribution in [-0.4, -0.2) is 65.0 Å². The Morgan fingerprint density at radius 2 is 2.04 bits per heavy atom. The highest BCUT2D eigenvalue weighted by atomic mass is 16.3. The van der Waals surface area contributed by atoms with E-state index in [1.54, 1.807) is 17.8 Å². The summed E-state index contributed by atoms with van der Waals surface area (Å²) in [6.45, 7) is 13.8. The molecule has 3 N–H and O–H groups in total. The summed E-state index contributed by atoms with van der Waals surface area (Å²) in [7, 11) is 1.84. The molecule has 26 heavy (non-hydrogen) atoms. The third kappa shape index (κ3) is 6.29. The van der Waals surface area contributed by atoms with Crippen LogP contribution < -0.4 is 10.6 Å². The number of nitrogens with zero attached hydrogens (tertiary/aromatic N) is 4. The zero-order chi connectivity index (χ0) is 19.2. The van der Waals surface area contributed by atoms with Crippen molar-refractivity contribution < 1.29 is 5.11 Å². The first kappa shape index (κ1) is 20.7. The third-order valence-electron chi connectivity index (χ3n) is 4.88. The van der Waals surface area contributed by atoms with E-state index in [2.05, 4.69) is 39.5 Å². The first-order chi connectivity index (χ1) is 12.3. The van der Waals surface area contributed by atoms with E-state index in [0.29, 0.717) is 0 Å². The molecule has 3 unspecified atom stereocenters. The van der Waals surface area contributed by atoms with Gasteiger partial charge in [0.05, 0.1) is 12.7 Å². The van der Waals surface area contributed by atoms with Crippen molar-refractivity contribution in [1.82, 2.24) is 25.3 Å². The molecule has 1 aliphatic heterocycles. The van der Waals surface area contributed by atoms with E-state index in [-0.39, 0.29) is 6.54 Å². The van der Waals surface area contributed by atoms with Crippen LogP contribution in [0.3, 0.4) is 0 Å². The molecule has 0 amide bonds. The van der Waals surface area contributed by atoms with Crippen molar-refractivity contribution >= 4 is 5.96 Å². The normalized spacial score (nSPS) is 24.3. The summed E-state index contributed by atoms with van der Waals surface area (Å²) in [5.41, 5.74) is -0.259. The van der Waals surface area contributed by atoms with E-state index in [1.165, 1.54) is 19.5 Å². The second-order valence-electron chi connectivity index (χ2n) is 8.00. The Bertz CT molecular complexity index is 572. The lowest BCUT2D eigenvalue weighted by Gasteiger charge is -2.35. The summed E-state index contributed by atoms with van der Waals surface area (Å²) < 4.78 is 1.69. The minimum Gasteiger partial charge on any atom is -0.383 e. The number of piperidine rings is 1. The molecular formula is C19H36N6O. The van der Waals surface area contributed by atoms with Crippen LogP contribution in [0.2, 0.25) is 0 Å². The van der Waals surface area contributed by atoms with Crippen molar-refractivity contribution in [2.45, 2.75) is 39.7 Å². The predicted octanol–water partition coefficient (Wildman–Crippen LogP) is 1.16. The van der Waals surface area contributed by atoms with E-state index < -0.39 is 5.60 Å². The van der Waals surface area contributed by atoms with Crippen LogP contribution in [0.5, 0.6) is 0 Å². The molecule has 7 nitrogen and oxygen atoms in total. The molecule has 0 aliphatic carbocycles. The highest BCUT2D eigenvalue weighted by molar-refractivity contribution is 5.79. The lowest BCUT2D eigenvalue weighted by atomic mass is 9.92. The molecule has 0 spiro atoms. The van der Waals surface area contributed by atoms with Gasteiger partial charge in [-0.1, -0.05) is 13.8 Å². The van der Waals surface area contributed by atoms with Gasteiger partial charge < -0.3 is 20.6 Å². The number of rotatable bonds is 7. The van der Waals surface area contributed by atoms with Crippen LogP contribution in [0.4, 0.5) is 0 Å². The van der Waals surface area contributed by atoms with Crippen LogP contribution in [0.15, 0.2) is 17.4 Å². The first-order valence-corrected chi connectivity index (χ1v) is 9.76. The molecule has 1 aromatic heterocycles. The van der Waals surface area contributed by atoms with Gasteiger partial charge in [0.15, 0.2) is 5.96 Å². The maximum atomic E-state index is 10.7. The summed E-state index contributed by atoms with van der Waals surface area (Å²) in [6, 6.07) is 0. The van der Waals surface area contributed by atoms with Crippen LogP contribution >= 0.6 is 0 Å². The maximum absolute atomic E-state index is 10.7. The molecule has 3 atom stereocenters. The number of aryl methyl sites for hydroxylation is 1. The SMILES string of the molecule is CCNC(=NCC(C)(O)c1cnn(C)c1)NCCN1CC(C)CC(C)C1. The average molecular weight is 365 g/mol. The van der Waals surface area contributed by atoms with Gasteiger partial charge in [0.1, 0.15) is 5.60 Å². The summed E-state index contributed by atoms with van der Waals surface area (Å²) in [6.07, 6.45) is 4.85. The van der Waals surface area contributed by atoms with Crippen molar-refractivity contribution in [3.8, 4) is 0 Å². The number of nitrogens with one attached hydrogen (secondary N) is 2. The molecule has 0 bridgehead atoms. The van der Waals surface area contributed by atoms with Crippen molar-refractivity contribution in [2.75, 3.05) is 39.3 Å². The molecule has 2 heterocycles. The molecule has 7 heteroatoms. The number of hydrogen-bond donors (Lipinski definition) is 3. The van der Waals surface area contributed by atoms with E-state index in [1.807, 2.05) is 20.2 Å². The van der Waals surface area contributed by atoms with Gasteiger partial charge in [-0.2, -0.15) is 5.10 Å². The Morgan fingerprint density at radius 1 is 1.35 bits per heavy atom. The Kier molecular flexibility index (Phi) is 7.46. The number of aliphatic imine (C=N–C) groups is 1. The molecule has 1 aliphatic rings. The number of likely N-dealkylation sites (tertiary alicyclic amines) is 1. The number of aromatic nitrogens is 2. The number of hydrogen-bond acceptors (Lipinski definition) is 4. The van der Waals surface area contributed by atoms with Crippen LogP contribution in [-0.2, 0) is 12.6 Å². The van der Waals surface area contributed by atoms with Crippen molar-refractivity contribution in [2.24, 2.45) is 23.9 Å². The van der Waals surface area contributed by atoms with Crippen molar-refractivity contribution in [3.63, 3.8) is 0 Å². The van der Waals surface area contributed by atoms with Crippen LogP contribution in [0, 0.1) is 11.8 Å². The van der Waals surface area contributed by atoms with Crippen molar-refractivity contribution in [1.29, 1.82) is 0 Å². The van der Waals surface area contributed by atoms with Gasteiger partial charge in [-0.3, -0.25) is 4.68 Å². The lowest BCUT2D eigenvalue weighted by molar-refractivity contribution is 0.0671. The molecule has 1 saturated heterocycles. The van der Waals surface area contributed by atoms with Gasteiger partial charge in [0.25, 0.3) is 0 Å². The number of aliphatic hydroxyl groups is 1. The van der Waals surface area contributed by atoms with Gasteiger partial charge in [0, 0.05) is 51.5 Å². The summed E-state index contributed by atoms with van der Waals surface area (Å²) >= 11 is 0. The predicted molar refractivity (Wildman–Crippen MR) is 106 cm³/mol. The zero-order valence-corrected chi connectivity index (χ0v) is 17.0. The molecule has 2 rings (SSSR count). The Hall–Kier alpha value is -1.60. The van der Waals surface area contributed by atoms with E-state index >= 15 is 0 Å². The average Bonchev–Trinajstić information content (AvgIpc) is 2.99. The fourth-order valence-electron chi connectivity index (χ4n) is 3.67. The fourth-order valence-corrected chi connectivity index (χ4v) is 3.67. The minimum absolute atomic E-state index is 0.284. The molecule has 0 saturated carbocycles. The monoisotopic (exact) mass is 364 g/mol. The molecular weight excluding hydrogens is 328 g/mol. The molecule has 1 aromatic rings. The largest absolute Gasteiger partial charge is 0.383 e. The molecule has 0 radical (unpaired) electrons. The van der Waals surface area contributed by atoms with Gasteiger partial charge in [-0.05, 0) is 32.1 Å². The second-order valence-corrected chi connectivity index (χ2v) is 8.00. The summed E-state index contributed by atoms with van der Waals surface area (Å²) in [5.74, 6) is 2.29. The smallest absolute Gasteiger partial charge is 0.191 e. The zero-order valence-electron chi connectivity index (χ0n) is 17.0. The maximum Gasteiger partial charge on any atom is 0.191 e. The quantitative estimate of drug-likeness (QED) is 0.500. The molecule has 1 fully saturated rings.